The molecule has 4 heterocycles. The Morgan fingerprint density at radius 3 is 0.905 bits per heavy atom. The summed E-state index contributed by atoms with van der Waals surface area (Å²) in [5.74, 6) is 3.86. The molecule has 0 atom stereocenters. The predicted molar refractivity (Wildman–Crippen MR) is 435 cm³/mol. The lowest BCUT2D eigenvalue weighted by atomic mass is 9.98. The van der Waals surface area contributed by atoms with E-state index in [2.05, 4.69) is 24.9 Å². The third-order valence-corrected chi connectivity index (χ3v) is 21.3. The fourth-order valence-electron chi connectivity index (χ4n) is 10.8. The Morgan fingerprint density at radius 2 is 0.595 bits per heavy atom. The lowest BCUT2D eigenvalue weighted by molar-refractivity contribution is 0.0791. The molecule has 12 rings (SSSR count). The largest absolute Gasteiger partial charge is 0.457 e. The molecule has 0 radical (unpaired) electrons. The number of rotatable bonds is 27. The van der Waals surface area contributed by atoms with Crippen molar-refractivity contribution in [2.75, 3.05) is 38.1 Å². The summed E-state index contributed by atoms with van der Waals surface area (Å²) in [6.45, 7) is 15.9. The van der Waals surface area contributed by atoms with Gasteiger partial charge < -0.3 is 38.1 Å². The molecule has 0 aliphatic carbocycles. The molecule has 0 bridgehead atoms. The van der Waals surface area contributed by atoms with E-state index in [1.54, 1.807) is 183 Å². The van der Waals surface area contributed by atoms with Crippen molar-refractivity contribution < 1.29 is 90.8 Å². The van der Waals surface area contributed by atoms with Crippen LogP contribution in [-0.4, -0.2) is 131 Å². The lowest BCUT2D eigenvalue weighted by Crippen LogP contribution is -2.27. The zero-order valence-electron chi connectivity index (χ0n) is 65.6. The molecule has 30 heteroatoms. The molecule has 1 aliphatic rings. The van der Waals surface area contributed by atoms with Crippen LogP contribution < -0.4 is 33.2 Å². The first-order chi connectivity index (χ1) is 54.8. The van der Waals surface area contributed by atoms with Crippen LogP contribution in [0.1, 0.15) is 120 Å². The Kier molecular flexibility index (Phi) is 29.5. The Hall–Kier alpha value is -12.4. The van der Waals surface area contributed by atoms with Crippen molar-refractivity contribution in [3.05, 3.63) is 259 Å². The second-order valence-corrected chi connectivity index (χ2v) is 35.9. The number of carbonyl (C=O) groups is 5. The minimum atomic E-state index is -3.30. The summed E-state index contributed by atoms with van der Waals surface area (Å²) in [5, 5.41) is 0. The maximum atomic E-state index is 12.8. The monoisotopic (exact) mass is 1650 g/mol. The van der Waals surface area contributed by atoms with Crippen LogP contribution in [0.5, 0.6) is 81.0 Å². The van der Waals surface area contributed by atoms with Crippen LogP contribution in [0.25, 0.3) is 0 Å². The van der Waals surface area contributed by atoms with E-state index in [-0.39, 0.29) is 84.2 Å². The minimum Gasteiger partial charge on any atom is -0.457 e. The highest BCUT2D eigenvalue weighted by Crippen LogP contribution is 2.36. The maximum Gasteiger partial charge on any atom is 0.321 e. The van der Waals surface area contributed by atoms with Crippen LogP contribution in [-0.2, 0) is 39.3 Å². The molecular weight excluding hydrogens is 1570 g/mol. The molecule has 1 aliphatic heterocycles. The van der Waals surface area contributed by atoms with Gasteiger partial charge in [-0.15, -0.1) is 0 Å². The van der Waals surface area contributed by atoms with Gasteiger partial charge in [0.25, 0.3) is 5.91 Å². The highest BCUT2D eigenvalue weighted by Gasteiger charge is 2.25. The minimum absolute atomic E-state index is 0.0475. The van der Waals surface area contributed by atoms with Crippen molar-refractivity contribution in [3.63, 3.8) is 0 Å². The number of ketones is 4. The van der Waals surface area contributed by atoms with E-state index in [1.807, 2.05) is 41.5 Å². The summed E-state index contributed by atoms with van der Waals surface area (Å²) in [4.78, 5) is 85.6. The smallest absolute Gasteiger partial charge is 0.321 e. The SMILES string of the molecule is CC(C)C(=O)c1cc(Oc2ccc(S(C)(=O)=O)cc2)cc(C(=O)N2CCCC2)c1.CC(C)C(=O)c1cc(Oc2ccc(S(C)(=O)=O)cc2)cc(Oc2ccccn2)c1.CC(C)C(=O)c1cc(Oc2ccc(S(C)(=O)=O)cc2)cc(Oc2cnccn2)c1.CC(C)C(=O)c1cc(Oc2ccc(S(C)(=O)=O)cc2)cc(Oc2ncccn2)c1. The van der Waals surface area contributed by atoms with Crippen molar-refractivity contribution in [1.82, 2.24) is 29.8 Å². The van der Waals surface area contributed by atoms with Crippen molar-refractivity contribution in [2.45, 2.75) is 87.8 Å². The Balaban J connectivity index is 0.000000177. The number of Topliss-reactive ketones (excluding diaryl/α,β-unsaturated/α-hetero) is 4. The molecule has 26 nitrogen and oxygen atoms in total. The van der Waals surface area contributed by atoms with Gasteiger partial charge in [-0.25, -0.2) is 53.6 Å². The molecule has 1 saturated heterocycles. The number of likely N-dealkylation sites (tertiary alicyclic amines) is 1. The quantitative estimate of drug-likeness (QED) is 0.0432. The van der Waals surface area contributed by atoms with Crippen LogP contribution in [0.3, 0.4) is 0 Å². The number of sulfone groups is 4. The second kappa shape index (κ2) is 39.1. The average Bonchev–Trinajstić information content (AvgIpc) is 1.42. The molecule has 1 fully saturated rings. The van der Waals surface area contributed by atoms with Gasteiger partial charge in [0, 0.05) is 145 Å². The van der Waals surface area contributed by atoms with E-state index in [4.69, 9.17) is 33.2 Å². The Bertz CT molecular complexity index is 5350. The van der Waals surface area contributed by atoms with Crippen LogP contribution in [0, 0.1) is 23.7 Å². The summed E-state index contributed by atoms with van der Waals surface area (Å²) in [6, 6.07) is 50.8. The van der Waals surface area contributed by atoms with Gasteiger partial charge in [0.2, 0.25) is 11.8 Å². The predicted octanol–water partition coefficient (Wildman–Crippen LogP) is 17.5. The molecule has 3 aromatic heterocycles. The van der Waals surface area contributed by atoms with Crippen LogP contribution in [0.15, 0.2) is 251 Å². The van der Waals surface area contributed by atoms with Gasteiger partial charge in [-0.2, -0.15) is 0 Å². The number of nitrogens with zero attached hydrogens (tertiary/aromatic N) is 6. The lowest BCUT2D eigenvalue weighted by Gasteiger charge is -2.17. The zero-order valence-corrected chi connectivity index (χ0v) is 68.8. The molecule has 0 spiro atoms. The van der Waals surface area contributed by atoms with E-state index in [9.17, 15) is 57.6 Å². The summed E-state index contributed by atoms with van der Waals surface area (Å²) in [5.41, 5.74) is 2.16. The van der Waals surface area contributed by atoms with Crippen molar-refractivity contribution >= 4 is 68.4 Å². The van der Waals surface area contributed by atoms with Crippen LogP contribution >= 0.6 is 0 Å². The Labute approximate surface area is 674 Å². The Morgan fingerprint density at radius 1 is 0.302 bits per heavy atom. The standard InChI is InChI=1S/C22H25NO5S.C22H21NO5S.2C21H20N2O5S/c1-15(2)21(24)16-12-17(22(25)23-10-4-5-11-23)14-19(13-16)28-18-6-8-20(9-7-18)29(3,26)27;1-15(2)22(24)16-12-18(14-19(13-16)28-21-6-4-5-11-23-21)27-17-7-9-20(10-8-17)29(3,25)26;1-14(2)20(24)15-11-17(13-18(12-15)28-21-22-9-4-10-23-21)27-16-5-7-19(8-6-16)29(3,25)26;1-14(2)21(24)15-10-17(12-18(11-15)28-20-13-22-8-9-23-20)27-16-4-6-19(7-5-16)29(3,25)26/h6-9,12-15H,4-5,10-11H2,1-3H3;4-15H,1-3H3;2*4-14H,1-3H3. The van der Waals surface area contributed by atoms with E-state index < -0.39 is 39.3 Å². The number of amides is 1. The number of pyridine rings is 1. The number of hydrogen-bond acceptors (Lipinski definition) is 25. The van der Waals surface area contributed by atoms with Gasteiger partial charge in [-0.1, -0.05) is 61.5 Å². The van der Waals surface area contributed by atoms with Gasteiger partial charge in [0.1, 0.15) is 63.2 Å². The van der Waals surface area contributed by atoms with Gasteiger partial charge in [-0.3, -0.25) is 29.0 Å². The topological polar surface area (TPSA) is 354 Å². The second-order valence-electron chi connectivity index (χ2n) is 27.8. The molecule has 604 valence electrons. The van der Waals surface area contributed by atoms with Crippen molar-refractivity contribution in [1.29, 1.82) is 0 Å². The van der Waals surface area contributed by atoms with Crippen molar-refractivity contribution in [3.8, 4) is 81.0 Å². The van der Waals surface area contributed by atoms with E-state index >= 15 is 0 Å². The number of benzene rings is 8. The first-order valence-corrected chi connectivity index (χ1v) is 43.8. The summed E-state index contributed by atoms with van der Waals surface area (Å²) < 4.78 is 133. The maximum absolute atomic E-state index is 12.8. The third kappa shape index (κ3) is 26.1. The highest BCUT2D eigenvalue weighted by molar-refractivity contribution is 7.91. The molecule has 0 unspecified atom stereocenters. The first kappa shape index (κ1) is 87.6. The number of hydrogen-bond donors (Lipinski definition) is 0. The van der Waals surface area contributed by atoms with E-state index in [0.717, 1.165) is 37.9 Å². The summed E-state index contributed by atoms with van der Waals surface area (Å²) in [7, 11) is -13.2. The van der Waals surface area contributed by atoms with Crippen LogP contribution in [0.2, 0.25) is 0 Å². The molecule has 0 saturated carbocycles. The fourth-order valence-corrected chi connectivity index (χ4v) is 13.4. The van der Waals surface area contributed by atoms with Gasteiger partial charge in [0.05, 0.1) is 25.8 Å². The van der Waals surface area contributed by atoms with E-state index in [1.165, 1.54) is 67.1 Å². The van der Waals surface area contributed by atoms with Gasteiger partial charge >= 0.3 is 6.01 Å². The van der Waals surface area contributed by atoms with Crippen molar-refractivity contribution in [2.24, 2.45) is 23.7 Å². The molecule has 11 aromatic rings. The molecule has 8 aromatic carbocycles. The van der Waals surface area contributed by atoms with Gasteiger partial charge in [-0.05, 0) is 177 Å². The first-order valence-electron chi connectivity index (χ1n) is 36.3. The normalized spacial score (nSPS) is 12.1. The summed E-state index contributed by atoms with van der Waals surface area (Å²) >= 11 is 0. The molecular formula is C86H86N6O20S4. The zero-order chi connectivity index (χ0) is 84.2. The number of ether oxygens (including phenoxy) is 7. The number of aromatic nitrogens is 5. The highest BCUT2D eigenvalue weighted by atomic mass is 32.2. The summed E-state index contributed by atoms with van der Waals surface area (Å²) in [6.07, 6.45) is 15.7. The molecule has 0 N–H and O–H groups in total. The third-order valence-electron chi connectivity index (χ3n) is 16.7. The van der Waals surface area contributed by atoms with E-state index in [0.29, 0.717) is 110 Å². The number of carbonyl (C=O) groups excluding carboxylic acids is 5. The fraction of sp³-hybridized carbons (Fsp3) is 0.233. The molecule has 1 amide bonds. The average molecular weight is 1650 g/mol. The van der Waals surface area contributed by atoms with Crippen LogP contribution in [0.4, 0.5) is 0 Å². The molecule has 116 heavy (non-hydrogen) atoms. The van der Waals surface area contributed by atoms with Gasteiger partial charge in [0.15, 0.2) is 62.5 Å².